The van der Waals surface area contributed by atoms with Gasteiger partial charge in [0.2, 0.25) is 0 Å². The summed E-state index contributed by atoms with van der Waals surface area (Å²) in [6, 6.07) is 11.2. The third-order valence-corrected chi connectivity index (χ3v) is 3.58. The van der Waals surface area contributed by atoms with Crippen molar-refractivity contribution >= 4 is 23.2 Å². The minimum absolute atomic E-state index is 0.580. The van der Waals surface area contributed by atoms with Crippen LogP contribution in [0, 0.1) is 6.92 Å². The summed E-state index contributed by atoms with van der Waals surface area (Å²) in [5.41, 5.74) is 7.53. The quantitative estimate of drug-likeness (QED) is 0.895. The fourth-order valence-corrected chi connectivity index (χ4v) is 2.15. The van der Waals surface area contributed by atoms with Gasteiger partial charge in [-0.3, -0.25) is 0 Å². The summed E-state index contributed by atoms with van der Waals surface area (Å²) >= 11 is 12.2. The molecule has 0 aliphatic carbocycles. The molecule has 0 bridgehead atoms. The van der Waals surface area contributed by atoms with Crippen LogP contribution >= 0.6 is 23.2 Å². The molecule has 2 N–H and O–H groups in total. The lowest BCUT2D eigenvalue weighted by molar-refractivity contribution is 0.482. The fourth-order valence-electron chi connectivity index (χ4n) is 1.77. The Morgan fingerprint density at radius 1 is 1.00 bits per heavy atom. The summed E-state index contributed by atoms with van der Waals surface area (Å²) in [5.74, 6) is 1.44. The predicted molar refractivity (Wildman–Crippen MR) is 80.5 cm³/mol. The minimum atomic E-state index is 0.580. The molecular formula is C15H15Cl2NO. The molecule has 2 nitrogen and oxygen atoms in total. The van der Waals surface area contributed by atoms with E-state index in [1.165, 1.54) is 0 Å². The molecule has 0 spiro atoms. The van der Waals surface area contributed by atoms with Gasteiger partial charge in [-0.25, -0.2) is 0 Å². The van der Waals surface area contributed by atoms with E-state index in [1.54, 1.807) is 6.07 Å². The molecule has 0 heterocycles. The first-order valence-corrected chi connectivity index (χ1v) is 6.78. The first-order chi connectivity index (χ1) is 9.10. The lowest BCUT2D eigenvalue weighted by atomic mass is 10.1. The van der Waals surface area contributed by atoms with Crippen LogP contribution in [0.3, 0.4) is 0 Å². The Balaban J connectivity index is 2.19. The van der Waals surface area contributed by atoms with Crippen LogP contribution in [-0.2, 0) is 6.42 Å². The fraction of sp³-hybridized carbons (Fsp3) is 0.200. The highest BCUT2D eigenvalue weighted by atomic mass is 35.5. The van der Waals surface area contributed by atoms with Crippen LogP contribution in [0.15, 0.2) is 36.4 Å². The normalized spacial score (nSPS) is 10.5. The maximum atomic E-state index is 6.17. The zero-order valence-corrected chi connectivity index (χ0v) is 12.1. The summed E-state index contributed by atoms with van der Waals surface area (Å²) in [6.07, 6.45) is 0.763. The topological polar surface area (TPSA) is 35.2 Å². The van der Waals surface area contributed by atoms with Gasteiger partial charge in [0.1, 0.15) is 11.5 Å². The van der Waals surface area contributed by atoms with Crippen LogP contribution in [0.2, 0.25) is 10.0 Å². The van der Waals surface area contributed by atoms with Gasteiger partial charge in [-0.15, -0.1) is 0 Å². The van der Waals surface area contributed by atoms with E-state index in [-0.39, 0.29) is 0 Å². The van der Waals surface area contributed by atoms with Crippen molar-refractivity contribution in [2.75, 3.05) is 6.54 Å². The summed E-state index contributed by atoms with van der Waals surface area (Å²) in [5, 5.41) is 1.40. The maximum Gasteiger partial charge on any atom is 0.128 e. The largest absolute Gasteiger partial charge is 0.457 e. The van der Waals surface area contributed by atoms with Crippen LogP contribution in [-0.4, -0.2) is 6.54 Å². The van der Waals surface area contributed by atoms with Crippen molar-refractivity contribution in [2.24, 2.45) is 5.73 Å². The van der Waals surface area contributed by atoms with Crippen LogP contribution in [0.5, 0.6) is 11.5 Å². The third-order valence-electron chi connectivity index (χ3n) is 2.80. The van der Waals surface area contributed by atoms with Gasteiger partial charge in [-0.1, -0.05) is 29.3 Å². The monoisotopic (exact) mass is 295 g/mol. The van der Waals surface area contributed by atoms with E-state index in [9.17, 15) is 0 Å². The second kappa shape index (κ2) is 6.29. The molecule has 0 unspecified atom stereocenters. The molecule has 19 heavy (non-hydrogen) atoms. The molecule has 0 radical (unpaired) electrons. The number of nitrogens with two attached hydrogens (primary N) is 1. The summed E-state index contributed by atoms with van der Waals surface area (Å²) in [6.45, 7) is 2.52. The Labute approximate surface area is 123 Å². The molecule has 100 valence electrons. The lowest BCUT2D eigenvalue weighted by Crippen LogP contribution is -2.03. The van der Waals surface area contributed by atoms with Crippen molar-refractivity contribution in [1.82, 2.24) is 0 Å². The maximum absolute atomic E-state index is 6.17. The molecule has 0 aliphatic rings. The smallest absolute Gasteiger partial charge is 0.128 e. The first kappa shape index (κ1) is 14.2. The molecular weight excluding hydrogens is 281 g/mol. The second-order valence-corrected chi connectivity index (χ2v) is 5.12. The molecule has 0 saturated carbocycles. The third kappa shape index (κ3) is 3.63. The van der Waals surface area contributed by atoms with E-state index in [0.717, 1.165) is 28.3 Å². The zero-order chi connectivity index (χ0) is 13.8. The summed E-state index contributed by atoms with van der Waals surface area (Å²) < 4.78 is 5.75. The first-order valence-electron chi connectivity index (χ1n) is 6.02. The number of ether oxygens (including phenoxy) is 1. The lowest BCUT2D eigenvalue weighted by Gasteiger charge is -2.09. The van der Waals surface area contributed by atoms with Crippen LogP contribution in [0.1, 0.15) is 11.1 Å². The molecule has 0 aromatic heterocycles. The molecule has 0 aliphatic heterocycles. The summed E-state index contributed by atoms with van der Waals surface area (Å²) in [7, 11) is 0. The van der Waals surface area contributed by atoms with Gasteiger partial charge in [-0.2, -0.15) is 0 Å². The Hall–Kier alpha value is -1.22. The predicted octanol–water partition coefficient (Wildman–Crippen LogP) is 4.60. The zero-order valence-electron chi connectivity index (χ0n) is 10.6. The van der Waals surface area contributed by atoms with E-state index >= 15 is 0 Å². The van der Waals surface area contributed by atoms with Gasteiger partial charge in [0, 0.05) is 10.0 Å². The highest BCUT2D eigenvalue weighted by Crippen LogP contribution is 2.29. The van der Waals surface area contributed by atoms with E-state index in [1.807, 2.05) is 37.3 Å². The van der Waals surface area contributed by atoms with E-state index < -0.39 is 0 Å². The Kier molecular flexibility index (Phi) is 4.70. The van der Waals surface area contributed by atoms with E-state index in [4.69, 9.17) is 33.7 Å². The molecule has 0 fully saturated rings. The van der Waals surface area contributed by atoms with Crippen LogP contribution in [0.25, 0.3) is 0 Å². The van der Waals surface area contributed by atoms with Gasteiger partial charge < -0.3 is 10.5 Å². The minimum Gasteiger partial charge on any atom is -0.457 e. The standard InChI is InChI=1S/C15H15Cl2NO/c1-10-8-12(4-5-14(10)16)19-13-3-2-11(6-7-18)15(17)9-13/h2-5,8-9H,6-7,18H2,1H3. The van der Waals surface area contributed by atoms with Gasteiger partial charge in [0.25, 0.3) is 0 Å². The van der Waals surface area contributed by atoms with Crippen molar-refractivity contribution in [3.8, 4) is 11.5 Å². The Bertz CT molecular complexity index is 584. The Morgan fingerprint density at radius 3 is 2.32 bits per heavy atom. The molecule has 2 aromatic carbocycles. The average molecular weight is 296 g/mol. The molecule has 2 rings (SSSR count). The number of rotatable bonds is 4. The second-order valence-electron chi connectivity index (χ2n) is 4.30. The summed E-state index contributed by atoms with van der Waals surface area (Å²) in [4.78, 5) is 0. The number of benzene rings is 2. The number of hydrogen-bond donors (Lipinski definition) is 1. The number of halogens is 2. The van der Waals surface area contributed by atoms with Crippen LogP contribution < -0.4 is 10.5 Å². The van der Waals surface area contributed by atoms with Crippen molar-refractivity contribution in [2.45, 2.75) is 13.3 Å². The highest BCUT2D eigenvalue weighted by molar-refractivity contribution is 6.31. The number of aryl methyl sites for hydroxylation is 1. The van der Waals surface area contributed by atoms with Gasteiger partial charge in [-0.05, 0) is 61.3 Å². The molecule has 0 saturated heterocycles. The van der Waals surface area contributed by atoms with Crippen molar-refractivity contribution in [3.05, 3.63) is 57.6 Å². The molecule has 4 heteroatoms. The number of hydrogen-bond acceptors (Lipinski definition) is 2. The van der Waals surface area contributed by atoms with Crippen molar-refractivity contribution in [3.63, 3.8) is 0 Å². The SMILES string of the molecule is Cc1cc(Oc2ccc(CCN)c(Cl)c2)ccc1Cl. The van der Waals surface area contributed by atoms with Gasteiger partial charge in [0.05, 0.1) is 0 Å². The van der Waals surface area contributed by atoms with Gasteiger partial charge in [0.15, 0.2) is 0 Å². The van der Waals surface area contributed by atoms with Crippen molar-refractivity contribution in [1.29, 1.82) is 0 Å². The van der Waals surface area contributed by atoms with Crippen molar-refractivity contribution < 1.29 is 4.74 Å². The highest BCUT2D eigenvalue weighted by Gasteiger charge is 2.04. The molecule has 0 amide bonds. The molecule has 0 atom stereocenters. The molecule has 2 aromatic rings. The van der Waals surface area contributed by atoms with E-state index in [0.29, 0.717) is 17.3 Å². The van der Waals surface area contributed by atoms with E-state index in [2.05, 4.69) is 0 Å². The Morgan fingerprint density at radius 2 is 1.68 bits per heavy atom. The van der Waals surface area contributed by atoms with Gasteiger partial charge >= 0.3 is 0 Å². The van der Waals surface area contributed by atoms with Crippen LogP contribution in [0.4, 0.5) is 0 Å². The average Bonchev–Trinajstić information content (AvgIpc) is 2.37.